The van der Waals surface area contributed by atoms with Crippen molar-refractivity contribution in [1.82, 2.24) is 10.2 Å². The lowest BCUT2D eigenvalue weighted by atomic mass is 10.1. The largest absolute Gasteiger partial charge is 0.374 e. The number of carbonyl (C=O) groups is 1. The number of benzene rings is 1. The molecule has 21 heavy (non-hydrogen) atoms. The summed E-state index contributed by atoms with van der Waals surface area (Å²) in [4.78, 5) is 14.0. The topological polar surface area (TPSA) is 41.6 Å². The Balaban J connectivity index is 1.76. The van der Waals surface area contributed by atoms with Crippen molar-refractivity contribution in [3.05, 3.63) is 35.9 Å². The molecule has 0 radical (unpaired) electrons. The maximum Gasteiger partial charge on any atom is 0.317 e. The number of ether oxygens (including phenoxy) is 1. The van der Waals surface area contributed by atoms with Crippen LogP contribution in [0.15, 0.2) is 30.3 Å². The fraction of sp³-hybridized carbons (Fsp3) is 0.562. The summed E-state index contributed by atoms with van der Waals surface area (Å²) in [5.41, 5.74) is 1.25. The first-order valence-corrected chi connectivity index (χ1v) is 8.86. The Bertz CT molecular complexity index is 428. The number of morpholine rings is 1. The van der Waals surface area contributed by atoms with Gasteiger partial charge in [-0.25, -0.2) is 4.79 Å². The molecule has 0 aromatic heterocycles. The Morgan fingerprint density at radius 1 is 1.43 bits per heavy atom. The molecule has 2 rings (SSSR count). The van der Waals surface area contributed by atoms with E-state index in [0.717, 1.165) is 25.1 Å². The molecule has 1 fully saturated rings. The minimum Gasteiger partial charge on any atom is -0.374 e. The number of nitrogens with zero attached hydrogens (tertiary/aromatic N) is 1. The van der Waals surface area contributed by atoms with Gasteiger partial charge in [0, 0.05) is 26.1 Å². The predicted octanol–water partition coefficient (Wildman–Crippen LogP) is 2.39. The third-order valence-corrected chi connectivity index (χ3v) is 4.23. The highest BCUT2D eigenvalue weighted by molar-refractivity contribution is 7.98. The minimum absolute atomic E-state index is 0.0393. The average molecular weight is 308 g/mol. The summed E-state index contributed by atoms with van der Waals surface area (Å²) in [6.45, 7) is 2.72. The second-order valence-corrected chi connectivity index (χ2v) is 6.19. The molecule has 1 aromatic rings. The van der Waals surface area contributed by atoms with Gasteiger partial charge in [-0.3, -0.25) is 0 Å². The number of hydrogen-bond acceptors (Lipinski definition) is 3. The number of nitrogens with one attached hydrogen (secondary N) is 1. The van der Waals surface area contributed by atoms with E-state index in [-0.39, 0.29) is 12.1 Å². The summed E-state index contributed by atoms with van der Waals surface area (Å²) in [5, 5.41) is 2.99. The van der Waals surface area contributed by atoms with Crippen LogP contribution >= 0.6 is 11.8 Å². The van der Waals surface area contributed by atoms with E-state index in [2.05, 4.69) is 23.7 Å². The second kappa shape index (κ2) is 8.95. The molecule has 0 saturated carbocycles. The normalized spacial score (nSPS) is 18.5. The number of carbonyl (C=O) groups excluding carboxylic acids is 1. The Kier molecular flexibility index (Phi) is 6.89. The molecule has 1 atom stereocenters. The lowest BCUT2D eigenvalue weighted by molar-refractivity contribution is -0.0132. The van der Waals surface area contributed by atoms with E-state index in [1.807, 2.05) is 23.1 Å². The lowest BCUT2D eigenvalue weighted by Crippen LogP contribution is -2.50. The first-order valence-electron chi connectivity index (χ1n) is 7.47. The zero-order chi connectivity index (χ0) is 14.9. The van der Waals surface area contributed by atoms with Gasteiger partial charge in [0.1, 0.15) is 0 Å². The van der Waals surface area contributed by atoms with Crippen molar-refractivity contribution in [3.8, 4) is 0 Å². The van der Waals surface area contributed by atoms with Crippen molar-refractivity contribution in [2.45, 2.75) is 18.9 Å². The molecule has 1 aliphatic rings. The van der Waals surface area contributed by atoms with Crippen molar-refractivity contribution < 1.29 is 9.53 Å². The molecular formula is C16H24N2O2S. The quantitative estimate of drug-likeness (QED) is 0.821. The van der Waals surface area contributed by atoms with E-state index in [9.17, 15) is 4.79 Å². The number of hydrogen-bond donors (Lipinski definition) is 1. The summed E-state index contributed by atoms with van der Waals surface area (Å²) in [5.74, 6) is 1.08. The van der Waals surface area contributed by atoms with Gasteiger partial charge in [0.2, 0.25) is 0 Å². The van der Waals surface area contributed by atoms with Crippen molar-refractivity contribution >= 4 is 17.8 Å². The van der Waals surface area contributed by atoms with Gasteiger partial charge < -0.3 is 15.0 Å². The molecule has 1 aliphatic heterocycles. The Labute approximate surface area is 131 Å². The van der Waals surface area contributed by atoms with E-state index < -0.39 is 0 Å². The highest BCUT2D eigenvalue weighted by Gasteiger charge is 2.24. The molecule has 4 nitrogen and oxygen atoms in total. The zero-order valence-electron chi connectivity index (χ0n) is 12.6. The van der Waals surface area contributed by atoms with Gasteiger partial charge in [-0.15, -0.1) is 0 Å². The highest BCUT2D eigenvalue weighted by atomic mass is 32.2. The Morgan fingerprint density at radius 2 is 2.24 bits per heavy atom. The fourth-order valence-electron chi connectivity index (χ4n) is 2.43. The molecule has 0 spiro atoms. The number of thioether (sulfide) groups is 1. The van der Waals surface area contributed by atoms with Crippen LogP contribution in [0.25, 0.3) is 0 Å². The third-order valence-electron chi connectivity index (χ3n) is 3.53. The van der Waals surface area contributed by atoms with Crippen LogP contribution in [0.3, 0.4) is 0 Å². The van der Waals surface area contributed by atoms with E-state index in [4.69, 9.17) is 4.74 Å². The van der Waals surface area contributed by atoms with E-state index in [1.165, 1.54) is 5.56 Å². The molecule has 1 N–H and O–H groups in total. The summed E-state index contributed by atoms with van der Waals surface area (Å²) < 4.78 is 5.78. The lowest BCUT2D eigenvalue weighted by Gasteiger charge is -2.33. The third kappa shape index (κ3) is 5.59. The number of amides is 2. The van der Waals surface area contributed by atoms with Gasteiger partial charge in [-0.2, -0.15) is 11.8 Å². The second-order valence-electron chi connectivity index (χ2n) is 5.21. The van der Waals surface area contributed by atoms with E-state index in [0.29, 0.717) is 19.7 Å². The van der Waals surface area contributed by atoms with Crippen molar-refractivity contribution in [2.24, 2.45) is 0 Å². The Morgan fingerprint density at radius 3 is 3.00 bits per heavy atom. The molecule has 2 amide bonds. The van der Waals surface area contributed by atoms with Gasteiger partial charge in [0.15, 0.2) is 0 Å². The Hall–Kier alpha value is -1.20. The van der Waals surface area contributed by atoms with Crippen LogP contribution in [0, 0.1) is 0 Å². The van der Waals surface area contributed by atoms with Crippen molar-refractivity contribution in [1.29, 1.82) is 0 Å². The maximum absolute atomic E-state index is 12.1. The van der Waals surface area contributed by atoms with Gasteiger partial charge in [-0.1, -0.05) is 30.3 Å². The van der Waals surface area contributed by atoms with Crippen molar-refractivity contribution in [2.75, 3.05) is 38.2 Å². The SMILES string of the molecule is CSCCCNC(=O)N1CCO[C@@H](Cc2ccccc2)C1. The minimum atomic E-state index is 0.0393. The van der Waals surface area contributed by atoms with Gasteiger partial charge in [0.05, 0.1) is 12.7 Å². The summed E-state index contributed by atoms with van der Waals surface area (Å²) in [6, 6.07) is 10.3. The van der Waals surface area contributed by atoms with Crippen LogP contribution in [0.2, 0.25) is 0 Å². The smallest absolute Gasteiger partial charge is 0.317 e. The molecule has 116 valence electrons. The maximum atomic E-state index is 12.1. The molecule has 1 saturated heterocycles. The number of rotatable bonds is 6. The molecule has 0 unspecified atom stereocenters. The molecule has 0 aliphatic carbocycles. The first kappa shape index (κ1) is 16.2. The van der Waals surface area contributed by atoms with Crippen LogP contribution in [-0.4, -0.2) is 55.3 Å². The van der Waals surface area contributed by atoms with Crippen LogP contribution in [0.4, 0.5) is 4.79 Å². The molecule has 0 bridgehead atoms. The molecular weight excluding hydrogens is 284 g/mol. The predicted molar refractivity (Wildman–Crippen MR) is 87.9 cm³/mol. The van der Waals surface area contributed by atoms with Crippen LogP contribution in [0.1, 0.15) is 12.0 Å². The zero-order valence-corrected chi connectivity index (χ0v) is 13.4. The standard InChI is InChI=1S/C16H24N2O2S/c1-21-11-5-8-17-16(19)18-9-10-20-15(13-18)12-14-6-3-2-4-7-14/h2-4,6-7,15H,5,8-13H2,1H3,(H,17,19)/t15-/m0/s1. The van der Waals surface area contributed by atoms with Crippen LogP contribution < -0.4 is 5.32 Å². The molecule has 5 heteroatoms. The molecule has 1 aromatic carbocycles. The average Bonchev–Trinajstić information content (AvgIpc) is 2.53. The summed E-state index contributed by atoms with van der Waals surface area (Å²) >= 11 is 1.81. The number of urea groups is 1. The fourth-order valence-corrected chi connectivity index (χ4v) is 2.86. The van der Waals surface area contributed by atoms with E-state index in [1.54, 1.807) is 11.8 Å². The van der Waals surface area contributed by atoms with Gasteiger partial charge in [-0.05, 0) is 24.0 Å². The molecule has 1 heterocycles. The van der Waals surface area contributed by atoms with Gasteiger partial charge in [0.25, 0.3) is 0 Å². The van der Waals surface area contributed by atoms with E-state index >= 15 is 0 Å². The van der Waals surface area contributed by atoms with Gasteiger partial charge >= 0.3 is 6.03 Å². The highest BCUT2D eigenvalue weighted by Crippen LogP contribution is 2.11. The van der Waals surface area contributed by atoms with Crippen LogP contribution in [0.5, 0.6) is 0 Å². The summed E-state index contributed by atoms with van der Waals surface area (Å²) in [7, 11) is 0. The monoisotopic (exact) mass is 308 g/mol. The van der Waals surface area contributed by atoms with Crippen LogP contribution in [-0.2, 0) is 11.2 Å². The van der Waals surface area contributed by atoms with Crippen molar-refractivity contribution in [3.63, 3.8) is 0 Å². The summed E-state index contributed by atoms with van der Waals surface area (Å²) in [6.07, 6.45) is 4.05. The first-order chi connectivity index (χ1) is 10.3.